The molecule has 1 aromatic heterocycles. The third kappa shape index (κ3) is 2.31. The maximum absolute atomic E-state index is 4.78. The third-order valence-electron chi connectivity index (χ3n) is 2.97. The van der Waals surface area contributed by atoms with Crippen LogP contribution in [0.5, 0.6) is 0 Å². The summed E-state index contributed by atoms with van der Waals surface area (Å²) in [5.41, 5.74) is 4.27. The summed E-state index contributed by atoms with van der Waals surface area (Å²) in [5.74, 6) is 0. The second-order valence-electron chi connectivity index (χ2n) is 6.62. The maximum Gasteiger partial charge on any atom is 0.0718 e. The van der Waals surface area contributed by atoms with Gasteiger partial charge in [-0.05, 0) is 19.3 Å². The van der Waals surface area contributed by atoms with Gasteiger partial charge in [-0.1, -0.05) is 41.5 Å². The quantitative estimate of drug-likeness (QED) is 0.706. The monoisotopic (exact) mass is 222 g/mol. The minimum absolute atomic E-state index is 0.119. The van der Waals surface area contributed by atoms with Gasteiger partial charge in [0, 0.05) is 23.2 Å². The number of hydrogen-bond donors (Lipinski definition) is 0. The first-order chi connectivity index (χ1) is 7.09. The van der Waals surface area contributed by atoms with Crippen molar-refractivity contribution in [3.8, 4) is 0 Å². The fourth-order valence-corrected chi connectivity index (χ4v) is 2.28. The molecule has 0 atom stereocenters. The molecule has 0 spiro atoms. The Morgan fingerprint density at radius 1 is 1.00 bits per heavy atom. The van der Waals surface area contributed by atoms with Crippen LogP contribution in [0.15, 0.2) is 0 Å². The van der Waals surface area contributed by atoms with E-state index in [9.17, 15) is 0 Å². The highest BCUT2D eigenvalue weighted by atomic mass is 15.3. The van der Waals surface area contributed by atoms with Crippen molar-refractivity contribution in [3.05, 3.63) is 17.0 Å². The summed E-state index contributed by atoms with van der Waals surface area (Å²) in [7, 11) is 0. The zero-order valence-electron chi connectivity index (χ0n) is 12.1. The molecule has 0 aliphatic heterocycles. The van der Waals surface area contributed by atoms with Crippen molar-refractivity contribution in [1.29, 1.82) is 0 Å². The number of aromatic nitrogens is 2. The fourth-order valence-electron chi connectivity index (χ4n) is 2.28. The number of nitrogens with zero attached hydrogens (tertiary/aromatic N) is 2. The van der Waals surface area contributed by atoms with Gasteiger partial charge in [0.25, 0.3) is 0 Å². The van der Waals surface area contributed by atoms with Crippen molar-refractivity contribution in [2.75, 3.05) is 0 Å². The van der Waals surface area contributed by atoms with Crippen molar-refractivity contribution in [3.63, 3.8) is 0 Å². The predicted octanol–water partition coefficient (Wildman–Crippen LogP) is 3.81. The normalized spacial score (nSPS) is 13.2. The molecule has 1 heterocycles. The van der Waals surface area contributed by atoms with E-state index in [0.717, 1.165) is 6.54 Å². The maximum atomic E-state index is 4.78. The molecule has 1 aromatic rings. The molecule has 2 heteroatoms. The van der Waals surface area contributed by atoms with Crippen LogP contribution in [0.4, 0.5) is 0 Å². The standard InChI is InChI=1S/C14H26N2/c1-9-16-10(2)11(13(3,4)5)12(15-16)14(6,7)8/h9H2,1-8H3. The van der Waals surface area contributed by atoms with Crippen molar-refractivity contribution >= 4 is 0 Å². The first kappa shape index (κ1) is 13.3. The molecule has 0 aliphatic rings. The highest BCUT2D eigenvalue weighted by Gasteiger charge is 2.31. The van der Waals surface area contributed by atoms with E-state index < -0.39 is 0 Å². The van der Waals surface area contributed by atoms with Crippen LogP contribution in [-0.2, 0) is 17.4 Å². The van der Waals surface area contributed by atoms with Gasteiger partial charge >= 0.3 is 0 Å². The highest BCUT2D eigenvalue weighted by molar-refractivity contribution is 5.36. The van der Waals surface area contributed by atoms with E-state index in [1.807, 2.05) is 0 Å². The van der Waals surface area contributed by atoms with E-state index in [-0.39, 0.29) is 10.8 Å². The van der Waals surface area contributed by atoms with E-state index in [4.69, 9.17) is 5.10 Å². The molecule has 0 amide bonds. The number of rotatable bonds is 1. The molecule has 0 unspecified atom stereocenters. The Balaban J connectivity index is 3.50. The molecule has 1 rings (SSSR count). The molecular formula is C14H26N2. The van der Waals surface area contributed by atoms with Crippen molar-refractivity contribution < 1.29 is 0 Å². The van der Waals surface area contributed by atoms with Gasteiger partial charge < -0.3 is 0 Å². The topological polar surface area (TPSA) is 17.8 Å². The lowest BCUT2D eigenvalue weighted by Gasteiger charge is -2.25. The predicted molar refractivity (Wildman–Crippen MR) is 70.0 cm³/mol. The molecule has 0 saturated carbocycles. The summed E-state index contributed by atoms with van der Waals surface area (Å²) >= 11 is 0. The molecular weight excluding hydrogens is 196 g/mol. The first-order valence-electron chi connectivity index (χ1n) is 6.17. The van der Waals surface area contributed by atoms with Crippen molar-refractivity contribution in [2.24, 2.45) is 0 Å². The molecule has 0 bridgehead atoms. The Labute approximate surface area is 100 Å². The van der Waals surface area contributed by atoms with Gasteiger partial charge in [0.15, 0.2) is 0 Å². The van der Waals surface area contributed by atoms with Gasteiger partial charge in [-0.3, -0.25) is 4.68 Å². The lowest BCUT2D eigenvalue weighted by atomic mass is 9.78. The summed E-state index contributed by atoms with van der Waals surface area (Å²) in [6.07, 6.45) is 0. The molecule has 0 radical (unpaired) electrons. The van der Waals surface area contributed by atoms with E-state index in [0.29, 0.717) is 0 Å². The van der Waals surface area contributed by atoms with Crippen LogP contribution in [0.1, 0.15) is 65.4 Å². The van der Waals surface area contributed by atoms with E-state index in [1.165, 1.54) is 17.0 Å². The molecule has 92 valence electrons. The van der Waals surface area contributed by atoms with Crippen LogP contribution in [0, 0.1) is 6.92 Å². The van der Waals surface area contributed by atoms with Crippen LogP contribution in [-0.4, -0.2) is 9.78 Å². The average Bonchev–Trinajstić information content (AvgIpc) is 2.40. The Kier molecular flexibility index (Phi) is 3.24. The zero-order valence-corrected chi connectivity index (χ0v) is 12.1. The third-order valence-corrected chi connectivity index (χ3v) is 2.97. The Morgan fingerprint density at radius 3 is 1.75 bits per heavy atom. The SMILES string of the molecule is CCn1nc(C(C)(C)C)c(C(C)(C)C)c1C. The minimum atomic E-state index is 0.119. The summed E-state index contributed by atoms with van der Waals surface area (Å²) < 4.78 is 2.13. The van der Waals surface area contributed by atoms with Gasteiger partial charge in [-0.2, -0.15) is 5.10 Å². The number of aryl methyl sites for hydroxylation is 1. The van der Waals surface area contributed by atoms with Gasteiger partial charge in [0.2, 0.25) is 0 Å². The molecule has 16 heavy (non-hydrogen) atoms. The second kappa shape index (κ2) is 3.90. The Bertz CT molecular complexity index is 373. The van der Waals surface area contributed by atoms with Crippen molar-refractivity contribution in [1.82, 2.24) is 9.78 Å². The molecule has 0 aromatic carbocycles. The van der Waals surface area contributed by atoms with Crippen LogP contribution in [0.2, 0.25) is 0 Å². The van der Waals surface area contributed by atoms with Gasteiger partial charge in [-0.15, -0.1) is 0 Å². The van der Waals surface area contributed by atoms with Crippen molar-refractivity contribution in [2.45, 2.75) is 72.8 Å². The van der Waals surface area contributed by atoms with Crippen LogP contribution >= 0.6 is 0 Å². The average molecular weight is 222 g/mol. The fraction of sp³-hybridized carbons (Fsp3) is 0.786. The summed E-state index contributed by atoms with van der Waals surface area (Å²) in [6.45, 7) is 18.8. The van der Waals surface area contributed by atoms with E-state index in [2.05, 4.69) is 60.1 Å². The summed E-state index contributed by atoms with van der Waals surface area (Å²) in [4.78, 5) is 0. The van der Waals surface area contributed by atoms with Gasteiger partial charge in [0.1, 0.15) is 0 Å². The lowest BCUT2D eigenvalue weighted by Crippen LogP contribution is -2.21. The molecule has 0 saturated heterocycles. The minimum Gasteiger partial charge on any atom is -0.270 e. The number of hydrogen-bond acceptors (Lipinski definition) is 1. The summed E-state index contributed by atoms with van der Waals surface area (Å²) in [5, 5.41) is 4.78. The van der Waals surface area contributed by atoms with E-state index in [1.54, 1.807) is 0 Å². The van der Waals surface area contributed by atoms with Crippen LogP contribution < -0.4 is 0 Å². The first-order valence-corrected chi connectivity index (χ1v) is 6.17. The highest BCUT2D eigenvalue weighted by Crippen LogP contribution is 2.35. The molecule has 0 fully saturated rings. The largest absolute Gasteiger partial charge is 0.270 e. The van der Waals surface area contributed by atoms with Gasteiger partial charge in [0.05, 0.1) is 5.69 Å². The lowest BCUT2D eigenvalue weighted by molar-refractivity contribution is 0.513. The van der Waals surface area contributed by atoms with Crippen LogP contribution in [0.3, 0.4) is 0 Å². The molecule has 0 N–H and O–H groups in total. The van der Waals surface area contributed by atoms with E-state index >= 15 is 0 Å². The Hall–Kier alpha value is -0.790. The zero-order chi connectivity index (χ0) is 12.7. The smallest absolute Gasteiger partial charge is 0.0718 e. The Morgan fingerprint density at radius 2 is 1.50 bits per heavy atom. The van der Waals surface area contributed by atoms with Gasteiger partial charge in [-0.25, -0.2) is 0 Å². The molecule has 2 nitrogen and oxygen atoms in total. The molecule has 0 aliphatic carbocycles. The van der Waals surface area contributed by atoms with Crippen LogP contribution in [0.25, 0.3) is 0 Å². The summed E-state index contributed by atoms with van der Waals surface area (Å²) in [6, 6.07) is 0. The second-order valence-corrected chi connectivity index (χ2v) is 6.62.